The second-order valence-corrected chi connectivity index (χ2v) is 6.30. The molecule has 4 heteroatoms. The van der Waals surface area contributed by atoms with Gasteiger partial charge in [-0.3, -0.25) is 4.99 Å². The highest BCUT2D eigenvalue weighted by atomic mass is 16.3. The van der Waals surface area contributed by atoms with Gasteiger partial charge in [-0.25, -0.2) is 4.98 Å². The van der Waals surface area contributed by atoms with E-state index in [-0.39, 0.29) is 0 Å². The fraction of sp³-hybridized carbons (Fsp3) is 0.238. The molecule has 4 nitrogen and oxygen atoms in total. The van der Waals surface area contributed by atoms with Crippen molar-refractivity contribution in [3.8, 4) is 11.5 Å². The number of nitrogens with one attached hydrogen (secondary N) is 1. The first-order valence-corrected chi connectivity index (χ1v) is 8.57. The summed E-state index contributed by atoms with van der Waals surface area (Å²) in [4.78, 5) is 9.43. The van der Waals surface area contributed by atoms with E-state index in [4.69, 9.17) is 9.40 Å². The lowest BCUT2D eigenvalue weighted by Gasteiger charge is -2.15. The van der Waals surface area contributed by atoms with Gasteiger partial charge in [0.25, 0.3) is 0 Å². The molecule has 126 valence electrons. The van der Waals surface area contributed by atoms with Crippen molar-refractivity contribution in [3.63, 3.8) is 0 Å². The quantitative estimate of drug-likeness (QED) is 0.429. The van der Waals surface area contributed by atoms with Crippen molar-refractivity contribution >= 4 is 27.6 Å². The van der Waals surface area contributed by atoms with Gasteiger partial charge in [0.2, 0.25) is 0 Å². The largest absolute Gasteiger partial charge is 0.452 e. The third kappa shape index (κ3) is 2.37. The zero-order valence-corrected chi connectivity index (χ0v) is 15.0. The molecule has 0 amide bonds. The van der Waals surface area contributed by atoms with Gasteiger partial charge in [-0.2, -0.15) is 0 Å². The number of aromatic nitrogens is 1. The second-order valence-electron chi connectivity index (χ2n) is 6.30. The maximum absolute atomic E-state index is 6.31. The normalized spacial score (nSPS) is 12.4. The van der Waals surface area contributed by atoms with Crippen LogP contribution < -0.4 is 10.7 Å². The molecule has 0 saturated carbocycles. The Kier molecular flexibility index (Phi) is 3.68. The van der Waals surface area contributed by atoms with E-state index in [1.807, 2.05) is 32.2 Å². The van der Waals surface area contributed by atoms with E-state index < -0.39 is 0 Å². The monoisotopic (exact) mass is 331 g/mol. The number of benzene rings is 3. The Hall–Kier alpha value is -2.88. The number of anilines is 1. The molecule has 2 aromatic carbocycles. The standard InChI is InChI=1S/C21H21N3O/c1-5-23-16-11-18-17(10-12(16)2)24-20-15-9-7-6-8-14(15)19(22-4)13(3)21(20)25-18/h6-11,23H,5H2,1-4H3. The summed E-state index contributed by atoms with van der Waals surface area (Å²) in [6.45, 7) is 7.10. The van der Waals surface area contributed by atoms with E-state index in [9.17, 15) is 0 Å². The van der Waals surface area contributed by atoms with Crippen molar-refractivity contribution in [2.45, 2.75) is 20.8 Å². The predicted octanol–water partition coefficient (Wildman–Crippen LogP) is 4.66. The molecule has 0 atom stereocenters. The van der Waals surface area contributed by atoms with E-state index in [1.165, 1.54) is 0 Å². The first-order valence-electron chi connectivity index (χ1n) is 8.57. The van der Waals surface area contributed by atoms with Crippen LogP contribution in [-0.2, 0) is 0 Å². The van der Waals surface area contributed by atoms with Crippen LogP contribution in [0.5, 0.6) is 0 Å². The van der Waals surface area contributed by atoms with E-state index in [1.54, 1.807) is 0 Å². The number of aryl methyl sites for hydroxylation is 1. The molecule has 25 heavy (non-hydrogen) atoms. The molecule has 2 aliphatic rings. The maximum Gasteiger partial charge on any atom is 0.158 e. The molecule has 0 fully saturated rings. The summed E-state index contributed by atoms with van der Waals surface area (Å²) in [7, 11) is 1.82. The van der Waals surface area contributed by atoms with Gasteiger partial charge in [0, 0.05) is 41.7 Å². The van der Waals surface area contributed by atoms with Gasteiger partial charge in [0.1, 0.15) is 11.2 Å². The van der Waals surface area contributed by atoms with Crippen LogP contribution in [0.3, 0.4) is 0 Å². The summed E-state index contributed by atoms with van der Waals surface area (Å²) < 4.78 is 6.31. The number of nitrogens with zero attached hydrogens (tertiary/aromatic N) is 2. The summed E-state index contributed by atoms with van der Waals surface area (Å²) in [5, 5.41) is 6.52. The molecule has 0 bridgehead atoms. The predicted molar refractivity (Wildman–Crippen MR) is 103 cm³/mol. The van der Waals surface area contributed by atoms with Gasteiger partial charge >= 0.3 is 0 Å². The van der Waals surface area contributed by atoms with Gasteiger partial charge in [0.05, 0.1) is 5.36 Å². The lowest BCUT2D eigenvalue weighted by Crippen LogP contribution is -2.12. The molecule has 0 radical (unpaired) electrons. The van der Waals surface area contributed by atoms with Crippen LogP contribution in [0.2, 0.25) is 0 Å². The molecule has 0 unspecified atom stereocenters. The lowest BCUT2D eigenvalue weighted by atomic mass is 9.99. The Morgan fingerprint density at radius 3 is 2.60 bits per heavy atom. The molecule has 2 aromatic rings. The van der Waals surface area contributed by atoms with Crippen molar-refractivity contribution in [1.29, 1.82) is 0 Å². The average Bonchev–Trinajstić information content (AvgIpc) is 2.62. The fourth-order valence-corrected chi connectivity index (χ4v) is 3.48. The van der Waals surface area contributed by atoms with Gasteiger partial charge in [-0.05, 0) is 32.4 Å². The van der Waals surface area contributed by atoms with Gasteiger partial charge < -0.3 is 9.73 Å². The fourth-order valence-electron chi connectivity index (χ4n) is 3.48. The first kappa shape index (κ1) is 15.6. The van der Waals surface area contributed by atoms with Crippen LogP contribution in [0, 0.1) is 13.8 Å². The van der Waals surface area contributed by atoms with Crippen molar-refractivity contribution in [1.82, 2.24) is 4.98 Å². The highest BCUT2D eigenvalue weighted by Crippen LogP contribution is 2.34. The van der Waals surface area contributed by atoms with Crippen LogP contribution in [0.4, 0.5) is 5.69 Å². The zero-order valence-electron chi connectivity index (χ0n) is 15.0. The Morgan fingerprint density at radius 1 is 1.12 bits per heavy atom. The SMILES string of the molecule is CCNc1cc2oc3c(C)c(=NC)c4ccccc4c-3nc2cc1C. The van der Waals surface area contributed by atoms with Gasteiger partial charge in [-0.1, -0.05) is 24.3 Å². The van der Waals surface area contributed by atoms with Crippen LogP contribution in [0.25, 0.3) is 33.3 Å². The third-order valence-corrected chi connectivity index (χ3v) is 4.69. The van der Waals surface area contributed by atoms with Gasteiger partial charge in [0.15, 0.2) is 11.3 Å². The average molecular weight is 331 g/mol. The Bertz CT molecular complexity index is 1140. The summed E-state index contributed by atoms with van der Waals surface area (Å²) in [5.41, 5.74) is 5.82. The molecule has 4 rings (SSSR count). The molecule has 0 aromatic heterocycles. The lowest BCUT2D eigenvalue weighted by molar-refractivity contribution is 0.609. The Morgan fingerprint density at radius 2 is 1.88 bits per heavy atom. The van der Waals surface area contributed by atoms with Crippen molar-refractivity contribution in [2.24, 2.45) is 4.99 Å². The number of hydrogen-bond donors (Lipinski definition) is 1. The molecule has 0 saturated heterocycles. The summed E-state index contributed by atoms with van der Waals surface area (Å²) in [6, 6.07) is 12.4. The van der Waals surface area contributed by atoms with Crippen LogP contribution in [0.15, 0.2) is 45.8 Å². The van der Waals surface area contributed by atoms with Gasteiger partial charge in [-0.15, -0.1) is 0 Å². The van der Waals surface area contributed by atoms with Crippen LogP contribution in [-0.4, -0.2) is 18.6 Å². The van der Waals surface area contributed by atoms with Crippen molar-refractivity contribution in [2.75, 3.05) is 18.9 Å². The van der Waals surface area contributed by atoms with E-state index in [0.717, 1.165) is 62.0 Å². The minimum absolute atomic E-state index is 0.787. The van der Waals surface area contributed by atoms with Crippen molar-refractivity contribution in [3.05, 3.63) is 52.9 Å². The number of fused-ring (bicyclic) bond motifs is 4. The van der Waals surface area contributed by atoms with E-state index in [2.05, 4.69) is 42.4 Å². The van der Waals surface area contributed by atoms with E-state index in [0.29, 0.717) is 0 Å². The highest BCUT2D eigenvalue weighted by Gasteiger charge is 2.19. The zero-order chi connectivity index (χ0) is 17.6. The first-order chi connectivity index (χ1) is 12.1. The second kappa shape index (κ2) is 5.88. The topological polar surface area (TPSA) is 50.4 Å². The molecule has 1 aliphatic carbocycles. The minimum atomic E-state index is 0.787. The summed E-state index contributed by atoms with van der Waals surface area (Å²) in [6.07, 6.45) is 0. The smallest absolute Gasteiger partial charge is 0.158 e. The molecule has 1 aliphatic heterocycles. The van der Waals surface area contributed by atoms with Crippen LogP contribution in [0.1, 0.15) is 18.1 Å². The molecular weight excluding hydrogens is 310 g/mol. The van der Waals surface area contributed by atoms with E-state index >= 15 is 0 Å². The Balaban J connectivity index is 2.18. The summed E-state index contributed by atoms with van der Waals surface area (Å²) in [5.74, 6) is 0.804. The highest BCUT2D eigenvalue weighted by molar-refractivity contribution is 5.97. The molecule has 1 N–H and O–H groups in total. The van der Waals surface area contributed by atoms with Crippen molar-refractivity contribution < 1.29 is 4.42 Å². The number of hydrogen-bond acceptors (Lipinski definition) is 4. The third-order valence-electron chi connectivity index (χ3n) is 4.69. The molecular formula is C21H21N3O. The maximum atomic E-state index is 6.31. The molecule has 1 heterocycles. The minimum Gasteiger partial charge on any atom is -0.452 e. The van der Waals surface area contributed by atoms with Crippen LogP contribution >= 0.6 is 0 Å². The summed E-state index contributed by atoms with van der Waals surface area (Å²) >= 11 is 0. The molecule has 0 spiro atoms. The number of rotatable bonds is 2. The Labute approximate surface area is 146 Å².